The van der Waals surface area contributed by atoms with Gasteiger partial charge in [-0.3, -0.25) is 0 Å². The van der Waals surface area contributed by atoms with Crippen molar-refractivity contribution in [1.29, 1.82) is 0 Å². The summed E-state index contributed by atoms with van der Waals surface area (Å²) in [7, 11) is 1.21. The third-order valence-corrected chi connectivity index (χ3v) is 3.33. The number of unbranched alkanes of at least 4 members (excludes halogenated alkanes) is 3. The van der Waals surface area contributed by atoms with Crippen molar-refractivity contribution in [2.45, 2.75) is 44.5 Å². The summed E-state index contributed by atoms with van der Waals surface area (Å²) >= 11 is 0. The molecule has 1 atom stereocenters. The first-order valence-corrected chi connectivity index (χ1v) is 7.76. The second kappa shape index (κ2) is 9.90. The molecule has 1 aromatic carbocycles. The average molecular weight is 363 g/mol. The molecule has 8 heteroatoms. The van der Waals surface area contributed by atoms with Crippen molar-refractivity contribution in [3.63, 3.8) is 0 Å². The molecule has 0 saturated carbocycles. The maximum Gasteiger partial charge on any atom is 0.573 e. The fourth-order valence-corrected chi connectivity index (χ4v) is 2.24. The molecule has 0 aliphatic rings. The smallest absolute Gasteiger partial charge is 0.467 e. The molecule has 1 rings (SSSR count). The van der Waals surface area contributed by atoms with Gasteiger partial charge in [-0.2, -0.15) is 0 Å². The van der Waals surface area contributed by atoms with Crippen LogP contribution in [-0.4, -0.2) is 25.5 Å². The number of ether oxygens (including phenoxy) is 2. The number of methoxy groups -OCH3 is 1. The van der Waals surface area contributed by atoms with Crippen LogP contribution < -0.4 is 10.1 Å². The van der Waals surface area contributed by atoms with E-state index >= 15 is 0 Å². The number of hydrogen-bond donors (Lipinski definition) is 1. The Kier molecular flexibility index (Phi) is 8.24. The molecule has 0 amide bonds. The van der Waals surface area contributed by atoms with Gasteiger partial charge in [-0.25, -0.2) is 9.18 Å². The summed E-state index contributed by atoms with van der Waals surface area (Å²) in [6.07, 6.45) is 0.590. The van der Waals surface area contributed by atoms with Crippen molar-refractivity contribution >= 4 is 11.7 Å². The largest absolute Gasteiger partial charge is 0.573 e. The van der Waals surface area contributed by atoms with Gasteiger partial charge in [-0.15, -0.1) is 19.8 Å². The molecule has 0 unspecified atom stereocenters. The Bertz CT molecular complexity index is 576. The highest BCUT2D eigenvalue weighted by atomic mass is 19.4. The molecule has 0 bridgehead atoms. The summed E-state index contributed by atoms with van der Waals surface area (Å²) in [4.78, 5) is 11.8. The van der Waals surface area contributed by atoms with Gasteiger partial charge in [0.05, 0.1) is 7.11 Å². The van der Waals surface area contributed by atoms with Crippen LogP contribution in [0, 0.1) is 5.82 Å². The zero-order valence-electron chi connectivity index (χ0n) is 13.9. The fourth-order valence-electron chi connectivity index (χ4n) is 2.24. The van der Waals surface area contributed by atoms with E-state index in [0.717, 1.165) is 31.4 Å². The van der Waals surface area contributed by atoms with E-state index in [1.54, 1.807) is 6.08 Å². The highest BCUT2D eigenvalue weighted by Crippen LogP contribution is 2.27. The van der Waals surface area contributed by atoms with Crippen LogP contribution in [0.3, 0.4) is 0 Å². The Morgan fingerprint density at radius 3 is 2.60 bits per heavy atom. The minimum Gasteiger partial charge on any atom is -0.467 e. The summed E-state index contributed by atoms with van der Waals surface area (Å²) < 4.78 is 58.7. The number of rotatable bonds is 10. The lowest BCUT2D eigenvalue weighted by atomic mass is 10.1. The quantitative estimate of drug-likeness (QED) is 0.280. The van der Waals surface area contributed by atoms with Gasteiger partial charge in [0.1, 0.15) is 17.6 Å². The van der Waals surface area contributed by atoms with Gasteiger partial charge in [0.2, 0.25) is 0 Å². The first-order valence-electron chi connectivity index (χ1n) is 7.76. The van der Waals surface area contributed by atoms with Crippen molar-refractivity contribution in [2.24, 2.45) is 0 Å². The number of benzene rings is 1. The lowest BCUT2D eigenvalue weighted by Crippen LogP contribution is -2.30. The molecular formula is C17H21F4NO3. The average Bonchev–Trinajstić information content (AvgIpc) is 2.50. The molecule has 0 spiro atoms. The molecule has 0 aliphatic heterocycles. The van der Waals surface area contributed by atoms with Crippen molar-refractivity contribution in [2.75, 3.05) is 12.4 Å². The summed E-state index contributed by atoms with van der Waals surface area (Å²) in [6.45, 7) is 3.62. The molecule has 0 aromatic heterocycles. The van der Waals surface area contributed by atoms with Crippen molar-refractivity contribution in [3.05, 3.63) is 36.7 Å². The van der Waals surface area contributed by atoms with Crippen LogP contribution in [0.25, 0.3) is 0 Å². The maximum absolute atomic E-state index is 13.5. The third kappa shape index (κ3) is 8.42. The molecule has 1 aromatic rings. The highest BCUT2D eigenvalue weighted by Gasteiger charge is 2.31. The lowest BCUT2D eigenvalue weighted by Gasteiger charge is -2.18. The van der Waals surface area contributed by atoms with Crippen molar-refractivity contribution in [1.82, 2.24) is 0 Å². The van der Waals surface area contributed by atoms with Crippen LogP contribution in [0.2, 0.25) is 0 Å². The van der Waals surface area contributed by atoms with E-state index in [1.807, 2.05) is 0 Å². The number of hydrogen-bond acceptors (Lipinski definition) is 4. The van der Waals surface area contributed by atoms with Gasteiger partial charge in [-0.1, -0.05) is 18.9 Å². The van der Waals surface area contributed by atoms with Crippen LogP contribution in [0.5, 0.6) is 5.75 Å². The van der Waals surface area contributed by atoms with E-state index < -0.39 is 29.9 Å². The lowest BCUT2D eigenvalue weighted by molar-refractivity contribution is -0.274. The van der Waals surface area contributed by atoms with Crippen LogP contribution in [0.4, 0.5) is 23.2 Å². The van der Waals surface area contributed by atoms with E-state index in [1.165, 1.54) is 7.11 Å². The molecule has 0 heterocycles. The zero-order chi connectivity index (χ0) is 18.9. The van der Waals surface area contributed by atoms with E-state index in [9.17, 15) is 22.4 Å². The van der Waals surface area contributed by atoms with Gasteiger partial charge in [-0.05, 0) is 25.3 Å². The molecule has 4 nitrogen and oxygen atoms in total. The summed E-state index contributed by atoms with van der Waals surface area (Å²) in [5.41, 5.74) is 0.000687. The number of anilines is 1. The predicted octanol–water partition coefficient (Wildman–Crippen LogP) is 4.81. The van der Waals surface area contributed by atoms with E-state index in [-0.39, 0.29) is 5.69 Å². The number of alkyl halides is 3. The highest BCUT2D eigenvalue weighted by molar-refractivity contribution is 5.79. The van der Waals surface area contributed by atoms with Crippen molar-refractivity contribution in [3.8, 4) is 5.75 Å². The first-order chi connectivity index (χ1) is 11.7. The fraction of sp³-hybridized carbons (Fsp3) is 0.471. The molecule has 0 radical (unpaired) electrons. The number of halogens is 4. The Hall–Kier alpha value is -2.25. The second-order valence-electron chi connectivity index (χ2n) is 5.37. The molecule has 0 fully saturated rings. The van der Waals surface area contributed by atoms with Gasteiger partial charge in [0, 0.05) is 17.8 Å². The minimum absolute atomic E-state index is 0.000687. The van der Waals surface area contributed by atoms with E-state index in [4.69, 9.17) is 0 Å². The molecule has 25 heavy (non-hydrogen) atoms. The Morgan fingerprint density at radius 1 is 1.28 bits per heavy atom. The van der Waals surface area contributed by atoms with Crippen molar-refractivity contribution < 1.29 is 31.8 Å². The minimum atomic E-state index is -4.93. The summed E-state index contributed by atoms with van der Waals surface area (Å²) in [5.74, 6) is -2.20. The maximum atomic E-state index is 13.5. The number of carbonyl (C=O) groups excluding carboxylic acids is 1. The van der Waals surface area contributed by atoms with Gasteiger partial charge in [0.15, 0.2) is 0 Å². The van der Waals surface area contributed by atoms with Crippen LogP contribution in [-0.2, 0) is 9.53 Å². The number of nitrogens with one attached hydrogen (secondary N) is 1. The topological polar surface area (TPSA) is 47.6 Å². The monoisotopic (exact) mass is 363 g/mol. The van der Waals surface area contributed by atoms with Gasteiger partial charge in [0.25, 0.3) is 0 Å². The van der Waals surface area contributed by atoms with E-state index in [2.05, 4.69) is 21.4 Å². The summed E-state index contributed by atoms with van der Waals surface area (Å²) in [6, 6.07) is 1.77. The van der Waals surface area contributed by atoms with E-state index in [0.29, 0.717) is 18.9 Å². The molecule has 0 aliphatic carbocycles. The Labute approximate surface area is 143 Å². The number of carbonyl (C=O) groups is 1. The standard InChI is InChI=1S/C17H21F4NO3/c1-3-4-5-6-7-8-15(16(23)24-2)22-13-9-12(18)10-14(11-13)25-17(19,20)21/h3,9-11,15,22H,1,4-8H2,2H3/t15-/m0/s1. The zero-order valence-corrected chi connectivity index (χ0v) is 13.9. The second-order valence-corrected chi connectivity index (χ2v) is 5.37. The predicted molar refractivity (Wildman–Crippen MR) is 85.8 cm³/mol. The van der Waals surface area contributed by atoms with Crippen LogP contribution in [0.1, 0.15) is 32.1 Å². The summed E-state index contributed by atoms with van der Waals surface area (Å²) in [5, 5.41) is 2.71. The Morgan fingerprint density at radius 2 is 2.00 bits per heavy atom. The molecule has 140 valence electrons. The SMILES string of the molecule is C=CCCCCC[C@H](Nc1cc(F)cc(OC(F)(F)F)c1)C(=O)OC. The van der Waals surface area contributed by atoms with Crippen LogP contribution in [0.15, 0.2) is 30.9 Å². The molecule has 1 N–H and O–H groups in total. The first kappa shape index (κ1) is 20.8. The molecule has 0 saturated heterocycles. The number of allylic oxidation sites excluding steroid dienone is 1. The van der Waals surface area contributed by atoms with Crippen LogP contribution >= 0.6 is 0 Å². The Balaban J connectivity index is 2.78. The molecular weight excluding hydrogens is 342 g/mol. The van der Waals surface area contributed by atoms with Gasteiger partial charge < -0.3 is 14.8 Å². The number of esters is 1. The van der Waals surface area contributed by atoms with Gasteiger partial charge >= 0.3 is 12.3 Å². The normalized spacial score (nSPS) is 12.4. The third-order valence-electron chi connectivity index (χ3n) is 3.33.